The molecule has 0 aliphatic carbocycles. The van der Waals surface area contributed by atoms with Gasteiger partial charge in [0.25, 0.3) is 0 Å². The number of benzene rings is 1. The van der Waals surface area contributed by atoms with Crippen molar-refractivity contribution in [2.75, 3.05) is 33.3 Å². The minimum atomic E-state index is 0.226. The van der Waals surface area contributed by atoms with Gasteiger partial charge < -0.3 is 14.1 Å². The number of aromatic nitrogens is 1. The third-order valence-corrected chi connectivity index (χ3v) is 6.29. The molecule has 6 nitrogen and oxygen atoms in total. The van der Waals surface area contributed by atoms with Crippen LogP contribution in [0.1, 0.15) is 24.3 Å². The minimum Gasteiger partial charge on any atom is -0.497 e. The number of carbonyl (C=O) groups is 1. The smallest absolute Gasteiger partial charge is 0.222 e. The van der Waals surface area contributed by atoms with Gasteiger partial charge in [-0.05, 0) is 42.0 Å². The van der Waals surface area contributed by atoms with Crippen molar-refractivity contribution in [2.24, 2.45) is 0 Å². The van der Waals surface area contributed by atoms with Crippen molar-refractivity contribution in [3.63, 3.8) is 0 Å². The highest BCUT2D eigenvalue weighted by atomic mass is 32.1. The molecule has 7 heteroatoms. The van der Waals surface area contributed by atoms with Gasteiger partial charge in [0.2, 0.25) is 11.8 Å². The first kappa shape index (κ1) is 20.6. The molecule has 0 unspecified atom stereocenters. The van der Waals surface area contributed by atoms with E-state index < -0.39 is 0 Å². The molecule has 2 aromatic heterocycles. The Morgan fingerprint density at radius 2 is 2.03 bits per heavy atom. The van der Waals surface area contributed by atoms with E-state index in [1.807, 2.05) is 46.7 Å². The summed E-state index contributed by atoms with van der Waals surface area (Å²) < 4.78 is 11.1. The Balaban J connectivity index is 1.25. The summed E-state index contributed by atoms with van der Waals surface area (Å²) in [5.74, 6) is 2.62. The zero-order valence-corrected chi connectivity index (χ0v) is 18.1. The number of oxazole rings is 1. The Morgan fingerprint density at radius 1 is 1.17 bits per heavy atom. The molecule has 3 aromatic rings. The number of nitrogens with zero attached hydrogens (tertiary/aromatic N) is 3. The molecular weight excluding hydrogens is 398 g/mol. The Labute approximate surface area is 181 Å². The fourth-order valence-corrected chi connectivity index (χ4v) is 4.36. The summed E-state index contributed by atoms with van der Waals surface area (Å²) in [5.41, 5.74) is 1.16. The molecule has 1 aliphatic heterocycles. The number of methoxy groups -OCH3 is 1. The van der Waals surface area contributed by atoms with Gasteiger partial charge in [0.15, 0.2) is 5.76 Å². The van der Waals surface area contributed by atoms with Gasteiger partial charge in [-0.15, -0.1) is 11.3 Å². The highest BCUT2D eigenvalue weighted by Crippen LogP contribution is 2.25. The fourth-order valence-electron chi connectivity index (χ4n) is 3.69. The van der Waals surface area contributed by atoms with E-state index in [1.54, 1.807) is 24.6 Å². The maximum atomic E-state index is 12.7. The van der Waals surface area contributed by atoms with Crippen LogP contribution in [0.15, 0.2) is 52.4 Å². The van der Waals surface area contributed by atoms with E-state index in [0.29, 0.717) is 13.0 Å². The number of carbonyl (C=O) groups excluding carboxylic acids is 1. The molecule has 1 aromatic carbocycles. The molecule has 0 N–H and O–H groups in total. The number of hydrogen-bond acceptors (Lipinski definition) is 6. The van der Waals surface area contributed by atoms with Crippen molar-refractivity contribution < 1.29 is 13.9 Å². The van der Waals surface area contributed by atoms with Gasteiger partial charge in [0.1, 0.15) is 5.75 Å². The summed E-state index contributed by atoms with van der Waals surface area (Å²) in [5, 5.41) is 2.03. The van der Waals surface area contributed by atoms with E-state index in [1.165, 1.54) is 0 Å². The summed E-state index contributed by atoms with van der Waals surface area (Å²) in [6.45, 7) is 4.02. The van der Waals surface area contributed by atoms with Crippen LogP contribution in [0.25, 0.3) is 10.6 Å². The summed E-state index contributed by atoms with van der Waals surface area (Å²) in [4.78, 5) is 22.5. The lowest BCUT2D eigenvalue weighted by molar-refractivity contribution is -0.131. The molecule has 0 saturated carbocycles. The minimum absolute atomic E-state index is 0.226. The SMILES string of the molecule is COc1ccc(CCC(=O)N2CCCN(Cc3ncc(-c4cccs4)o3)CC2)cc1. The molecule has 158 valence electrons. The number of hydrogen-bond donors (Lipinski definition) is 0. The van der Waals surface area contributed by atoms with Crippen molar-refractivity contribution in [3.05, 3.63) is 59.4 Å². The van der Waals surface area contributed by atoms with Crippen LogP contribution >= 0.6 is 11.3 Å². The van der Waals surface area contributed by atoms with E-state index in [2.05, 4.69) is 9.88 Å². The number of ether oxygens (including phenoxy) is 1. The van der Waals surface area contributed by atoms with Crippen LogP contribution in [-0.2, 0) is 17.8 Å². The summed E-state index contributed by atoms with van der Waals surface area (Å²) >= 11 is 1.65. The molecule has 1 fully saturated rings. The number of aryl methyl sites for hydroxylation is 1. The van der Waals surface area contributed by atoms with E-state index in [-0.39, 0.29) is 5.91 Å². The van der Waals surface area contributed by atoms with Crippen LogP contribution in [-0.4, -0.2) is 54.0 Å². The molecule has 0 atom stereocenters. The van der Waals surface area contributed by atoms with Gasteiger partial charge in [-0.1, -0.05) is 18.2 Å². The second kappa shape index (κ2) is 9.91. The highest BCUT2D eigenvalue weighted by Gasteiger charge is 2.20. The van der Waals surface area contributed by atoms with Crippen molar-refractivity contribution >= 4 is 17.2 Å². The van der Waals surface area contributed by atoms with Crippen molar-refractivity contribution in [2.45, 2.75) is 25.8 Å². The fraction of sp³-hybridized carbons (Fsp3) is 0.391. The molecule has 1 amide bonds. The summed E-state index contributed by atoms with van der Waals surface area (Å²) in [6, 6.07) is 12.0. The van der Waals surface area contributed by atoms with Crippen molar-refractivity contribution in [3.8, 4) is 16.4 Å². The van der Waals surface area contributed by atoms with Gasteiger partial charge in [-0.25, -0.2) is 4.98 Å². The Kier molecular flexibility index (Phi) is 6.81. The number of rotatable bonds is 7. The van der Waals surface area contributed by atoms with Crippen LogP contribution in [0.5, 0.6) is 5.75 Å². The summed E-state index contributed by atoms with van der Waals surface area (Å²) in [6.07, 6.45) is 4.06. The lowest BCUT2D eigenvalue weighted by atomic mass is 10.1. The third kappa shape index (κ3) is 5.29. The first-order valence-corrected chi connectivity index (χ1v) is 11.2. The van der Waals surface area contributed by atoms with Gasteiger partial charge >= 0.3 is 0 Å². The van der Waals surface area contributed by atoms with Gasteiger partial charge in [0, 0.05) is 32.6 Å². The second-order valence-electron chi connectivity index (χ2n) is 7.45. The van der Waals surface area contributed by atoms with Crippen LogP contribution in [0.3, 0.4) is 0 Å². The van der Waals surface area contributed by atoms with Crippen molar-refractivity contribution in [1.29, 1.82) is 0 Å². The van der Waals surface area contributed by atoms with Crippen LogP contribution < -0.4 is 4.74 Å². The quantitative estimate of drug-likeness (QED) is 0.571. The van der Waals surface area contributed by atoms with E-state index in [4.69, 9.17) is 9.15 Å². The Bertz CT molecular complexity index is 937. The van der Waals surface area contributed by atoms with Crippen LogP contribution in [0.2, 0.25) is 0 Å². The zero-order chi connectivity index (χ0) is 20.8. The first-order valence-electron chi connectivity index (χ1n) is 10.3. The molecule has 4 rings (SSSR count). The second-order valence-corrected chi connectivity index (χ2v) is 8.40. The predicted octanol–water partition coefficient (Wildman–Crippen LogP) is 4.08. The maximum Gasteiger partial charge on any atom is 0.222 e. The standard InChI is InChI=1S/C23H27N3O3S/c1-28-19-8-5-18(6-9-19)7-10-23(27)26-12-3-11-25(13-14-26)17-22-24-16-20(29-22)21-4-2-15-30-21/h2,4-6,8-9,15-16H,3,7,10-14,17H2,1H3. The van der Waals surface area contributed by atoms with E-state index in [9.17, 15) is 4.79 Å². The predicted molar refractivity (Wildman–Crippen MR) is 118 cm³/mol. The molecule has 0 bridgehead atoms. The van der Waals surface area contributed by atoms with E-state index >= 15 is 0 Å². The first-order chi connectivity index (χ1) is 14.7. The number of thiophene rings is 1. The van der Waals surface area contributed by atoms with E-state index in [0.717, 1.165) is 66.9 Å². The lowest BCUT2D eigenvalue weighted by Gasteiger charge is -2.21. The average molecular weight is 426 g/mol. The highest BCUT2D eigenvalue weighted by molar-refractivity contribution is 7.13. The maximum absolute atomic E-state index is 12.7. The molecule has 0 spiro atoms. The zero-order valence-electron chi connectivity index (χ0n) is 17.3. The van der Waals surface area contributed by atoms with Gasteiger partial charge in [-0.2, -0.15) is 0 Å². The van der Waals surface area contributed by atoms with Crippen LogP contribution in [0.4, 0.5) is 0 Å². The van der Waals surface area contributed by atoms with Gasteiger partial charge in [0.05, 0.1) is 24.7 Å². The topological polar surface area (TPSA) is 58.8 Å². The monoisotopic (exact) mass is 425 g/mol. The Morgan fingerprint density at radius 3 is 2.80 bits per heavy atom. The lowest BCUT2D eigenvalue weighted by Crippen LogP contribution is -2.35. The largest absolute Gasteiger partial charge is 0.497 e. The van der Waals surface area contributed by atoms with Crippen molar-refractivity contribution in [1.82, 2.24) is 14.8 Å². The normalized spacial score (nSPS) is 15.2. The molecule has 3 heterocycles. The van der Waals surface area contributed by atoms with Gasteiger partial charge in [-0.3, -0.25) is 9.69 Å². The third-order valence-electron chi connectivity index (χ3n) is 5.40. The summed E-state index contributed by atoms with van der Waals surface area (Å²) in [7, 11) is 1.66. The average Bonchev–Trinajstić information content (AvgIpc) is 3.41. The molecule has 0 radical (unpaired) electrons. The molecule has 1 aliphatic rings. The number of amides is 1. The van der Waals surface area contributed by atoms with Crippen LogP contribution in [0, 0.1) is 0 Å². The Hall–Kier alpha value is -2.64. The molecule has 1 saturated heterocycles. The molecule has 30 heavy (non-hydrogen) atoms. The molecular formula is C23H27N3O3S.